The number of nitrogens with one attached hydrogen (secondary N) is 1. The normalized spacial score (nSPS) is 15.3. The highest BCUT2D eigenvalue weighted by atomic mass is 127. The van der Waals surface area contributed by atoms with Gasteiger partial charge in [-0.2, -0.15) is 0 Å². The number of aliphatic carboxylic acids is 1. The third-order valence-electron chi connectivity index (χ3n) is 3.98. The molecule has 1 aromatic heterocycles. The Labute approximate surface area is 183 Å². The van der Waals surface area contributed by atoms with Crippen LogP contribution in [0.2, 0.25) is 0 Å². The van der Waals surface area contributed by atoms with Crippen molar-refractivity contribution < 1.29 is 38.2 Å². The van der Waals surface area contributed by atoms with Crippen LogP contribution in [-0.4, -0.2) is 47.5 Å². The number of methoxy groups -OCH3 is 1. The van der Waals surface area contributed by atoms with Crippen LogP contribution in [0.25, 0.3) is 6.08 Å². The Morgan fingerprint density at radius 3 is 2.73 bits per heavy atom. The van der Waals surface area contributed by atoms with Gasteiger partial charge in [0.1, 0.15) is 11.3 Å². The molecule has 1 saturated heterocycles. The molecule has 0 radical (unpaired) electrons. The van der Waals surface area contributed by atoms with E-state index < -0.39 is 30.4 Å². The summed E-state index contributed by atoms with van der Waals surface area (Å²) < 4.78 is 16.1. The number of carboxylic acids is 1. The number of carbonyl (C=O) groups is 4. The Hall–Kier alpha value is -3.35. The highest BCUT2D eigenvalue weighted by Crippen LogP contribution is 2.35. The van der Waals surface area contributed by atoms with Gasteiger partial charge in [-0.3, -0.25) is 19.8 Å². The number of nitrogens with zero attached hydrogens (tertiary/aromatic N) is 1. The fourth-order valence-electron chi connectivity index (χ4n) is 2.66. The van der Waals surface area contributed by atoms with Crippen LogP contribution >= 0.6 is 22.6 Å². The first-order chi connectivity index (χ1) is 14.3. The van der Waals surface area contributed by atoms with Gasteiger partial charge in [0.15, 0.2) is 18.1 Å². The number of carbonyl (C=O) groups excluding carboxylic acids is 3. The van der Waals surface area contributed by atoms with Gasteiger partial charge >= 0.3 is 12.0 Å². The zero-order valence-electron chi connectivity index (χ0n) is 15.5. The Morgan fingerprint density at radius 2 is 2.10 bits per heavy atom. The lowest BCUT2D eigenvalue weighted by molar-refractivity contribution is -0.139. The molecular formula is C19H15IN2O8. The smallest absolute Gasteiger partial charge is 0.341 e. The molecular weight excluding hydrogens is 511 g/mol. The van der Waals surface area contributed by atoms with Crippen LogP contribution in [0.15, 0.2) is 40.5 Å². The number of carboxylic acid groups (broad SMARTS) is 1. The number of rotatable bonds is 7. The van der Waals surface area contributed by atoms with Gasteiger partial charge < -0.3 is 19.0 Å². The van der Waals surface area contributed by atoms with Gasteiger partial charge in [-0.15, -0.1) is 0 Å². The van der Waals surface area contributed by atoms with Gasteiger partial charge in [0.2, 0.25) is 0 Å². The second-order valence-electron chi connectivity index (χ2n) is 6.00. The van der Waals surface area contributed by atoms with Gasteiger partial charge in [0, 0.05) is 0 Å². The lowest BCUT2D eigenvalue weighted by Gasteiger charge is -2.25. The zero-order valence-corrected chi connectivity index (χ0v) is 17.7. The number of ether oxygens (including phenoxy) is 2. The van der Waals surface area contributed by atoms with E-state index in [-0.39, 0.29) is 23.6 Å². The fourth-order valence-corrected chi connectivity index (χ4v) is 3.44. The van der Waals surface area contributed by atoms with Crippen molar-refractivity contribution >= 4 is 52.5 Å². The molecule has 156 valence electrons. The van der Waals surface area contributed by atoms with Crippen molar-refractivity contribution in [3.63, 3.8) is 0 Å². The van der Waals surface area contributed by atoms with Gasteiger partial charge in [-0.25, -0.2) is 9.59 Å². The van der Waals surface area contributed by atoms with Crippen LogP contribution in [0, 0.1) is 3.57 Å². The molecule has 2 N–H and O–H groups in total. The molecule has 0 atom stereocenters. The summed E-state index contributed by atoms with van der Waals surface area (Å²) in [5.41, 5.74) is 0.169. The summed E-state index contributed by atoms with van der Waals surface area (Å²) in [6.45, 7) is -0.692. The quantitative estimate of drug-likeness (QED) is 0.318. The number of hydrogen-bond acceptors (Lipinski definition) is 7. The molecule has 1 aromatic carbocycles. The van der Waals surface area contributed by atoms with E-state index in [2.05, 4.69) is 5.32 Å². The molecule has 1 aliphatic rings. The number of halogens is 1. The van der Waals surface area contributed by atoms with E-state index in [1.54, 1.807) is 18.2 Å². The Kier molecular flexibility index (Phi) is 6.40. The maximum Gasteiger partial charge on any atom is 0.341 e. The zero-order chi connectivity index (χ0) is 21.8. The number of barbiturate groups is 1. The number of imide groups is 2. The molecule has 0 unspecified atom stereocenters. The second-order valence-corrected chi connectivity index (χ2v) is 7.17. The SMILES string of the molecule is COc1cc(/C=C2\C(=O)NC(=O)N(Cc3ccco3)C2=O)cc(I)c1OCC(=O)O. The van der Waals surface area contributed by atoms with Crippen molar-refractivity contribution in [2.45, 2.75) is 6.54 Å². The van der Waals surface area contributed by atoms with Gasteiger partial charge in [0.25, 0.3) is 11.8 Å². The Balaban J connectivity index is 1.92. The average Bonchev–Trinajstić information content (AvgIpc) is 3.20. The van der Waals surface area contributed by atoms with Crippen LogP contribution in [0.1, 0.15) is 11.3 Å². The fraction of sp³-hybridized carbons (Fsp3) is 0.158. The van der Waals surface area contributed by atoms with Gasteiger partial charge in [-0.05, 0) is 58.5 Å². The Morgan fingerprint density at radius 1 is 1.33 bits per heavy atom. The third-order valence-corrected chi connectivity index (χ3v) is 4.78. The molecule has 0 aliphatic carbocycles. The van der Waals surface area contributed by atoms with E-state index in [1.807, 2.05) is 22.6 Å². The van der Waals surface area contributed by atoms with Crippen molar-refractivity contribution in [2.75, 3.05) is 13.7 Å². The number of furan rings is 1. The van der Waals surface area contributed by atoms with E-state index in [1.165, 1.54) is 25.5 Å². The van der Waals surface area contributed by atoms with Crippen LogP contribution in [0.5, 0.6) is 11.5 Å². The van der Waals surface area contributed by atoms with Gasteiger partial charge in [0.05, 0.1) is 23.5 Å². The van der Waals surface area contributed by atoms with E-state index in [0.29, 0.717) is 14.9 Å². The summed E-state index contributed by atoms with van der Waals surface area (Å²) in [7, 11) is 1.37. The lowest BCUT2D eigenvalue weighted by Crippen LogP contribution is -2.53. The van der Waals surface area contributed by atoms with Crippen molar-refractivity contribution in [1.29, 1.82) is 0 Å². The Bertz CT molecular complexity index is 1050. The molecule has 0 spiro atoms. The standard InChI is InChI=1S/C19H15IN2O8/c1-28-14-7-10(6-13(20)16(14)30-9-15(23)24)5-12-17(25)21-19(27)22(18(12)26)8-11-3-2-4-29-11/h2-7H,8-9H2,1H3,(H,23,24)(H,21,25,27)/b12-5+. The predicted molar refractivity (Wildman–Crippen MR) is 110 cm³/mol. The van der Waals surface area contributed by atoms with E-state index in [9.17, 15) is 19.2 Å². The summed E-state index contributed by atoms with van der Waals surface area (Å²) >= 11 is 1.92. The summed E-state index contributed by atoms with van der Waals surface area (Å²) in [5, 5.41) is 10.9. The maximum absolute atomic E-state index is 12.8. The first-order valence-electron chi connectivity index (χ1n) is 8.43. The molecule has 10 nitrogen and oxygen atoms in total. The number of benzene rings is 1. The van der Waals surface area contributed by atoms with E-state index >= 15 is 0 Å². The number of hydrogen-bond donors (Lipinski definition) is 2. The molecule has 1 aliphatic heterocycles. The van der Waals surface area contributed by atoms with Crippen LogP contribution in [0.4, 0.5) is 4.79 Å². The summed E-state index contributed by atoms with van der Waals surface area (Å²) in [6.07, 6.45) is 2.72. The number of amides is 4. The first-order valence-corrected chi connectivity index (χ1v) is 9.51. The second kappa shape index (κ2) is 8.98. The molecule has 30 heavy (non-hydrogen) atoms. The maximum atomic E-state index is 12.8. The molecule has 2 aromatic rings. The minimum absolute atomic E-state index is 0.134. The first kappa shape index (κ1) is 21.4. The summed E-state index contributed by atoms with van der Waals surface area (Å²) in [5.74, 6) is -1.94. The van der Waals surface area contributed by atoms with Crippen molar-refractivity contribution in [3.05, 3.63) is 51.0 Å². The number of urea groups is 1. The molecule has 3 rings (SSSR count). The topological polar surface area (TPSA) is 135 Å². The predicted octanol–water partition coefficient (Wildman–Crippen LogP) is 2.02. The van der Waals surface area contributed by atoms with E-state index in [0.717, 1.165) is 4.90 Å². The lowest BCUT2D eigenvalue weighted by atomic mass is 10.1. The summed E-state index contributed by atoms with van der Waals surface area (Å²) in [6, 6.07) is 5.44. The summed E-state index contributed by atoms with van der Waals surface area (Å²) in [4.78, 5) is 48.7. The molecule has 0 bridgehead atoms. The average molecular weight is 526 g/mol. The monoisotopic (exact) mass is 526 g/mol. The molecule has 0 saturated carbocycles. The largest absolute Gasteiger partial charge is 0.493 e. The van der Waals surface area contributed by atoms with Crippen molar-refractivity contribution in [1.82, 2.24) is 10.2 Å². The molecule has 4 amide bonds. The molecule has 11 heteroatoms. The molecule has 2 heterocycles. The third kappa shape index (κ3) is 4.62. The van der Waals surface area contributed by atoms with Crippen LogP contribution in [-0.2, 0) is 20.9 Å². The highest BCUT2D eigenvalue weighted by Gasteiger charge is 2.36. The van der Waals surface area contributed by atoms with Crippen LogP contribution in [0.3, 0.4) is 0 Å². The van der Waals surface area contributed by atoms with Crippen LogP contribution < -0.4 is 14.8 Å². The molecule has 1 fully saturated rings. The van der Waals surface area contributed by atoms with Crippen molar-refractivity contribution in [2.24, 2.45) is 0 Å². The highest BCUT2D eigenvalue weighted by molar-refractivity contribution is 14.1. The van der Waals surface area contributed by atoms with Gasteiger partial charge in [-0.1, -0.05) is 0 Å². The van der Waals surface area contributed by atoms with Crippen molar-refractivity contribution in [3.8, 4) is 11.5 Å². The minimum Gasteiger partial charge on any atom is -0.493 e. The minimum atomic E-state index is -1.15. The van der Waals surface area contributed by atoms with E-state index in [4.69, 9.17) is 19.0 Å².